The highest BCUT2D eigenvalue weighted by Crippen LogP contribution is 2.26. The van der Waals surface area contributed by atoms with Crippen LogP contribution >= 0.6 is 22.9 Å². The van der Waals surface area contributed by atoms with Gasteiger partial charge in [0.2, 0.25) is 0 Å². The van der Waals surface area contributed by atoms with Crippen molar-refractivity contribution in [3.8, 4) is 0 Å². The third-order valence-corrected chi connectivity index (χ3v) is 4.17. The standard InChI is InChI=1S/C13H13ClN2O2S/c1-9(12-5-6-13(14)19-12)15-8-10-3-2-4-11(7-10)16(17)18/h2-7,9,15H,8H2,1H3. The normalized spacial score (nSPS) is 12.3. The van der Waals surface area contributed by atoms with Crippen LogP contribution in [0.3, 0.4) is 0 Å². The van der Waals surface area contributed by atoms with Crippen molar-refractivity contribution in [3.63, 3.8) is 0 Å². The van der Waals surface area contributed by atoms with Crippen molar-refractivity contribution in [1.82, 2.24) is 5.32 Å². The smallest absolute Gasteiger partial charge is 0.269 e. The Labute approximate surface area is 120 Å². The zero-order valence-electron chi connectivity index (χ0n) is 10.3. The van der Waals surface area contributed by atoms with E-state index in [2.05, 4.69) is 5.32 Å². The summed E-state index contributed by atoms with van der Waals surface area (Å²) in [4.78, 5) is 11.5. The molecule has 19 heavy (non-hydrogen) atoms. The van der Waals surface area contributed by atoms with Crippen LogP contribution in [0.15, 0.2) is 36.4 Å². The molecule has 0 spiro atoms. The molecule has 0 fully saturated rings. The van der Waals surface area contributed by atoms with E-state index in [1.54, 1.807) is 12.1 Å². The Kier molecular flexibility index (Phi) is 4.52. The van der Waals surface area contributed by atoms with Gasteiger partial charge in [-0.1, -0.05) is 23.7 Å². The number of benzene rings is 1. The SMILES string of the molecule is CC(NCc1cccc([N+](=O)[O-])c1)c1ccc(Cl)s1. The Hall–Kier alpha value is -1.43. The molecule has 1 N–H and O–H groups in total. The Balaban J connectivity index is 1.98. The van der Waals surface area contributed by atoms with E-state index in [4.69, 9.17) is 11.6 Å². The minimum Gasteiger partial charge on any atom is -0.305 e. The van der Waals surface area contributed by atoms with E-state index in [-0.39, 0.29) is 16.7 Å². The number of hydrogen-bond acceptors (Lipinski definition) is 4. The van der Waals surface area contributed by atoms with Crippen LogP contribution in [0.25, 0.3) is 0 Å². The van der Waals surface area contributed by atoms with Gasteiger partial charge in [0.25, 0.3) is 5.69 Å². The molecule has 0 aliphatic heterocycles. The summed E-state index contributed by atoms with van der Waals surface area (Å²) in [6, 6.07) is 10.7. The fraction of sp³-hybridized carbons (Fsp3) is 0.231. The quantitative estimate of drug-likeness (QED) is 0.666. The van der Waals surface area contributed by atoms with Crippen molar-refractivity contribution in [2.45, 2.75) is 19.5 Å². The minimum absolute atomic E-state index is 0.117. The molecule has 0 amide bonds. The van der Waals surface area contributed by atoms with E-state index in [0.29, 0.717) is 6.54 Å². The molecule has 0 aliphatic rings. The fourth-order valence-corrected chi connectivity index (χ4v) is 2.80. The van der Waals surface area contributed by atoms with E-state index in [9.17, 15) is 10.1 Å². The lowest BCUT2D eigenvalue weighted by molar-refractivity contribution is -0.384. The Morgan fingerprint density at radius 3 is 2.84 bits per heavy atom. The molecule has 100 valence electrons. The van der Waals surface area contributed by atoms with Crippen LogP contribution in [0.1, 0.15) is 23.4 Å². The number of non-ortho nitro benzene ring substituents is 1. The van der Waals surface area contributed by atoms with Crippen molar-refractivity contribution in [1.29, 1.82) is 0 Å². The lowest BCUT2D eigenvalue weighted by Gasteiger charge is -2.11. The molecule has 2 aromatic rings. The molecular formula is C13H13ClN2O2S. The summed E-state index contributed by atoms with van der Waals surface area (Å²) in [6.07, 6.45) is 0. The molecule has 0 radical (unpaired) electrons. The van der Waals surface area contributed by atoms with Crippen molar-refractivity contribution >= 4 is 28.6 Å². The van der Waals surface area contributed by atoms with Gasteiger partial charge < -0.3 is 5.32 Å². The third-order valence-electron chi connectivity index (χ3n) is 2.75. The maximum absolute atomic E-state index is 10.7. The molecule has 1 atom stereocenters. The highest BCUT2D eigenvalue weighted by Gasteiger charge is 2.09. The van der Waals surface area contributed by atoms with E-state index in [1.807, 2.05) is 25.1 Å². The van der Waals surface area contributed by atoms with Crippen LogP contribution in [0.5, 0.6) is 0 Å². The number of nitro groups is 1. The van der Waals surface area contributed by atoms with E-state index in [1.165, 1.54) is 17.4 Å². The van der Waals surface area contributed by atoms with E-state index < -0.39 is 0 Å². The molecule has 0 saturated carbocycles. The average molecular weight is 297 g/mol. The van der Waals surface area contributed by atoms with Gasteiger partial charge in [0.1, 0.15) is 0 Å². The van der Waals surface area contributed by atoms with Gasteiger partial charge in [-0.15, -0.1) is 11.3 Å². The highest BCUT2D eigenvalue weighted by molar-refractivity contribution is 7.16. The molecule has 4 nitrogen and oxygen atoms in total. The highest BCUT2D eigenvalue weighted by atomic mass is 35.5. The number of rotatable bonds is 5. The van der Waals surface area contributed by atoms with Crippen molar-refractivity contribution in [3.05, 3.63) is 61.3 Å². The molecule has 0 bridgehead atoms. The van der Waals surface area contributed by atoms with Crippen LogP contribution in [-0.2, 0) is 6.54 Å². The summed E-state index contributed by atoms with van der Waals surface area (Å²) < 4.78 is 0.763. The van der Waals surface area contributed by atoms with E-state index in [0.717, 1.165) is 14.8 Å². The zero-order valence-corrected chi connectivity index (χ0v) is 11.9. The maximum atomic E-state index is 10.7. The summed E-state index contributed by atoms with van der Waals surface area (Å²) in [7, 11) is 0. The number of thiophene rings is 1. The van der Waals surface area contributed by atoms with Crippen LogP contribution in [0.4, 0.5) is 5.69 Å². The third kappa shape index (κ3) is 3.76. The first-order valence-electron chi connectivity index (χ1n) is 5.78. The Morgan fingerprint density at radius 2 is 2.21 bits per heavy atom. The summed E-state index contributed by atoms with van der Waals surface area (Å²) in [5, 5.41) is 14.0. The summed E-state index contributed by atoms with van der Waals surface area (Å²) in [5.74, 6) is 0. The van der Waals surface area contributed by atoms with Crippen LogP contribution < -0.4 is 5.32 Å². The van der Waals surface area contributed by atoms with Gasteiger partial charge in [-0.25, -0.2) is 0 Å². The van der Waals surface area contributed by atoms with Crippen molar-refractivity contribution in [2.75, 3.05) is 0 Å². The molecule has 0 saturated heterocycles. The maximum Gasteiger partial charge on any atom is 0.269 e. The first-order valence-corrected chi connectivity index (χ1v) is 6.97. The van der Waals surface area contributed by atoms with Crippen molar-refractivity contribution < 1.29 is 4.92 Å². The zero-order chi connectivity index (χ0) is 13.8. The second kappa shape index (κ2) is 6.14. The van der Waals surface area contributed by atoms with Crippen molar-refractivity contribution in [2.24, 2.45) is 0 Å². The second-order valence-electron chi connectivity index (χ2n) is 4.17. The lowest BCUT2D eigenvalue weighted by Crippen LogP contribution is -2.17. The molecule has 1 unspecified atom stereocenters. The predicted octanol–water partition coefficient (Wildman–Crippen LogP) is 4.16. The molecule has 1 heterocycles. The van der Waals surface area contributed by atoms with Gasteiger partial charge in [-0.05, 0) is 24.6 Å². The summed E-state index contributed by atoms with van der Waals surface area (Å²) in [6.45, 7) is 2.62. The molecule has 6 heteroatoms. The number of hydrogen-bond donors (Lipinski definition) is 1. The lowest BCUT2D eigenvalue weighted by atomic mass is 10.2. The van der Waals surface area contributed by atoms with Gasteiger partial charge in [0, 0.05) is 29.6 Å². The number of halogens is 1. The first-order chi connectivity index (χ1) is 9.06. The molecule has 2 rings (SSSR count). The largest absolute Gasteiger partial charge is 0.305 e. The molecule has 1 aromatic heterocycles. The first kappa shape index (κ1) is 14.0. The Morgan fingerprint density at radius 1 is 1.42 bits per heavy atom. The summed E-state index contributed by atoms with van der Waals surface area (Å²) >= 11 is 7.43. The Bertz CT molecular complexity index is 586. The topological polar surface area (TPSA) is 55.2 Å². The number of nitrogens with zero attached hydrogens (tertiary/aromatic N) is 1. The number of nitrogens with one attached hydrogen (secondary N) is 1. The monoisotopic (exact) mass is 296 g/mol. The van der Waals surface area contributed by atoms with Gasteiger partial charge in [0.05, 0.1) is 9.26 Å². The molecule has 0 aliphatic carbocycles. The van der Waals surface area contributed by atoms with Crippen LogP contribution in [0.2, 0.25) is 4.34 Å². The second-order valence-corrected chi connectivity index (χ2v) is 5.92. The van der Waals surface area contributed by atoms with Crippen LogP contribution in [0, 0.1) is 10.1 Å². The molecular weight excluding hydrogens is 284 g/mol. The van der Waals surface area contributed by atoms with Gasteiger partial charge in [-0.3, -0.25) is 10.1 Å². The minimum atomic E-state index is -0.383. The van der Waals surface area contributed by atoms with Gasteiger partial charge >= 0.3 is 0 Å². The molecule has 1 aromatic carbocycles. The van der Waals surface area contributed by atoms with E-state index >= 15 is 0 Å². The van der Waals surface area contributed by atoms with Gasteiger partial charge in [-0.2, -0.15) is 0 Å². The number of nitro benzene ring substituents is 1. The summed E-state index contributed by atoms with van der Waals surface area (Å²) in [5.41, 5.74) is 1.01. The van der Waals surface area contributed by atoms with Crippen LogP contribution in [-0.4, -0.2) is 4.92 Å². The fourth-order valence-electron chi connectivity index (χ4n) is 1.71. The van der Waals surface area contributed by atoms with Gasteiger partial charge in [0.15, 0.2) is 0 Å². The average Bonchev–Trinajstić information content (AvgIpc) is 2.83. The predicted molar refractivity (Wildman–Crippen MR) is 77.7 cm³/mol.